The number of benzene rings is 2. The number of hydrogen-bond acceptors (Lipinski definition) is 5. The number of carbonyl (C=O) groups is 1. The Bertz CT molecular complexity index is 1190. The first-order chi connectivity index (χ1) is 12.9. The van der Waals surface area contributed by atoms with Gasteiger partial charge in [-0.2, -0.15) is 0 Å². The van der Waals surface area contributed by atoms with Crippen LogP contribution in [-0.2, 0) is 0 Å². The van der Waals surface area contributed by atoms with Crippen molar-refractivity contribution in [1.82, 2.24) is 4.98 Å². The van der Waals surface area contributed by atoms with Gasteiger partial charge in [0.1, 0.15) is 0 Å². The van der Waals surface area contributed by atoms with Gasteiger partial charge in [0.25, 0.3) is 5.91 Å². The fourth-order valence-electron chi connectivity index (χ4n) is 2.94. The quantitative estimate of drug-likeness (QED) is 0.408. The molecule has 3 aromatic heterocycles. The van der Waals surface area contributed by atoms with Gasteiger partial charge in [-0.25, -0.2) is 0 Å². The number of rotatable bonds is 3. The van der Waals surface area contributed by atoms with Crippen molar-refractivity contribution in [1.29, 1.82) is 0 Å². The second-order valence-electron chi connectivity index (χ2n) is 5.98. The normalized spacial score (nSPS) is 11.2. The topological polar surface area (TPSA) is 95.6 Å². The van der Waals surface area contributed by atoms with Gasteiger partial charge >= 0.3 is 0 Å². The number of nitrogens with zero attached hydrogens (tertiary/aromatic N) is 1. The third-order valence-corrected chi connectivity index (χ3v) is 4.89. The highest BCUT2D eigenvalue weighted by atomic mass is 35.5. The van der Waals surface area contributed by atoms with Gasteiger partial charge in [0.15, 0.2) is 11.2 Å². The summed E-state index contributed by atoms with van der Waals surface area (Å²) in [5.74, 6) is -1.40. The number of phenolic OH excluding ortho intramolecular Hbond substituents is 2. The zero-order chi connectivity index (χ0) is 19.3. The van der Waals surface area contributed by atoms with E-state index in [0.717, 1.165) is 5.69 Å². The van der Waals surface area contributed by atoms with Gasteiger partial charge in [0.05, 0.1) is 15.6 Å². The first-order valence-corrected chi connectivity index (χ1v) is 8.61. The Morgan fingerprint density at radius 3 is 2.52 bits per heavy atom. The molecule has 6 nitrogen and oxygen atoms in total. The number of carbonyl (C=O) groups excluding carboxylic acids is 1. The highest BCUT2D eigenvalue weighted by molar-refractivity contribution is 6.42. The standard InChI is InChI=1S/C19H12Cl2N2O4/c1-8-6-9(4-5-22-8)13-14(18-16(25)15(24)17(13)27-18)19(26)23-10-2-3-11(20)12(21)7-10/h2-7,24-25H,1H3,(H,23,26). The van der Waals surface area contributed by atoms with Crippen molar-refractivity contribution in [2.24, 2.45) is 0 Å². The molecule has 27 heavy (non-hydrogen) atoms. The van der Waals surface area contributed by atoms with Crippen molar-refractivity contribution in [3.05, 3.63) is 57.8 Å². The first-order valence-electron chi connectivity index (χ1n) is 7.86. The molecule has 0 fully saturated rings. The number of aryl methyl sites for hydroxylation is 1. The number of aromatic hydroxyl groups is 2. The van der Waals surface area contributed by atoms with Crippen LogP contribution >= 0.6 is 23.2 Å². The maximum atomic E-state index is 12.9. The lowest BCUT2D eigenvalue weighted by atomic mass is 9.98. The Kier molecular flexibility index (Phi) is 4.09. The van der Waals surface area contributed by atoms with Crippen LogP contribution < -0.4 is 5.32 Å². The molecule has 0 aliphatic heterocycles. The third kappa shape index (κ3) is 2.83. The smallest absolute Gasteiger partial charge is 0.260 e. The van der Waals surface area contributed by atoms with Crippen molar-refractivity contribution in [2.75, 3.05) is 5.32 Å². The monoisotopic (exact) mass is 402 g/mol. The first kappa shape index (κ1) is 17.5. The van der Waals surface area contributed by atoms with Gasteiger partial charge in [-0.05, 0) is 42.8 Å². The van der Waals surface area contributed by atoms with Crippen molar-refractivity contribution in [3.8, 4) is 22.6 Å². The summed E-state index contributed by atoms with van der Waals surface area (Å²) in [5, 5.41) is 23.5. The van der Waals surface area contributed by atoms with Crippen LogP contribution in [0.25, 0.3) is 22.3 Å². The van der Waals surface area contributed by atoms with Crippen LogP contribution in [0.5, 0.6) is 11.5 Å². The lowest BCUT2D eigenvalue weighted by molar-refractivity contribution is 0.102. The van der Waals surface area contributed by atoms with E-state index in [9.17, 15) is 15.0 Å². The summed E-state index contributed by atoms with van der Waals surface area (Å²) in [5.41, 5.74) is 2.21. The molecule has 1 aromatic carbocycles. The van der Waals surface area contributed by atoms with Gasteiger partial charge in [0.2, 0.25) is 11.5 Å². The highest BCUT2D eigenvalue weighted by Gasteiger charge is 2.32. The summed E-state index contributed by atoms with van der Waals surface area (Å²) in [6, 6.07) is 8.11. The average Bonchev–Trinajstić information content (AvgIpc) is 3.15. The maximum Gasteiger partial charge on any atom is 0.260 e. The number of aromatic nitrogens is 1. The Labute approximate surface area is 163 Å². The molecule has 0 radical (unpaired) electrons. The minimum Gasteiger partial charge on any atom is -0.502 e. The SMILES string of the molecule is Cc1cc(-c2c(C(=O)Nc3ccc(Cl)c(Cl)c3)c3oc2c(O)c3O)ccn1. The Morgan fingerprint density at radius 1 is 1.07 bits per heavy atom. The number of nitrogens with one attached hydrogen (secondary N) is 1. The predicted molar refractivity (Wildman–Crippen MR) is 103 cm³/mol. The highest BCUT2D eigenvalue weighted by Crippen LogP contribution is 2.50. The summed E-state index contributed by atoms with van der Waals surface area (Å²) in [6.07, 6.45) is 1.59. The molecule has 0 saturated carbocycles. The molecule has 136 valence electrons. The van der Waals surface area contributed by atoms with E-state index in [1.807, 2.05) is 0 Å². The summed E-state index contributed by atoms with van der Waals surface area (Å²) >= 11 is 11.9. The molecule has 3 heterocycles. The number of hydrogen-bond donors (Lipinski definition) is 3. The molecule has 0 aliphatic carbocycles. The Balaban J connectivity index is 1.83. The van der Waals surface area contributed by atoms with E-state index in [-0.39, 0.29) is 16.7 Å². The van der Waals surface area contributed by atoms with Crippen molar-refractivity contribution in [3.63, 3.8) is 0 Å². The van der Waals surface area contributed by atoms with E-state index in [1.165, 1.54) is 6.07 Å². The molecule has 0 saturated heterocycles. The van der Waals surface area contributed by atoms with Crippen molar-refractivity contribution >= 4 is 46.0 Å². The molecule has 0 atom stereocenters. The summed E-state index contributed by atoms with van der Waals surface area (Å²) in [6.45, 7) is 1.80. The lowest BCUT2D eigenvalue weighted by Gasteiger charge is -2.10. The molecule has 2 bridgehead atoms. The van der Waals surface area contributed by atoms with Crippen LogP contribution in [0.15, 0.2) is 40.9 Å². The Morgan fingerprint density at radius 2 is 1.81 bits per heavy atom. The van der Waals surface area contributed by atoms with Crippen molar-refractivity contribution < 1.29 is 19.4 Å². The molecule has 0 unspecified atom stereocenters. The fraction of sp³-hybridized carbons (Fsp3) is 0.0526. The third-order valence-electron chi connectivity index (χ3n) is 4.15. The number of anilines is 1. The van der Waals surface area contributed by atoms with Crippen molar-refractivity contribution in [2.45, 2.75) is 6.92 Å². The van der Waals surface area contributed by atoms with E-state index < -0.39 is 17.4 Å². The number of furan rings is 2. The summed E-state index contributed by atoms with van der Waals surface area (Å²) < 4.78 is 5.47. The second-order valence-corrected chi connectivity index (χ2v) is 6.79. The van der Waals surface area contributed by atoms with Crippen LogP contribution in [0.3, 0.4) is 0 Å². The zero-order valence-corrected chi connectivity index (χ0v) is 15.4. The lowest BCUT2D eigenvalue weighted by Crippen LogP contribution is -2.13. The predicted octanol–water partition coefficient (Wildman–Crippen LogP) is 5.21. The molecule has 4 rings (SSSR count). The fourth-order valence-corrected chi connectivity index (χ4v) is 3.24. The summed E-state index contributed by atoms with van der Waals surface area (Å²) in [4.78, 5) is 17.1. The van der Waals surface area contributed by atoms with Crippen LogP contribution in [0, 0.1) is 6.92 Å². The Hall–Kier alpha value is -2.96. The number of halogens is 2. The van der Waals surface area contributed by atoms with Gasteiger partial charge in [-0.3, -0.25) is 9.78 Å². The van der Waals surface area contributed by atoms with Crippen LogP contribution in [0.2, 0.25) is 10.0 Å². The van der Waals surface area contributed by atoms with Crippen LogP contribution in [-0.4, -0.2) is 21.1 Å². The molecular formula is C19H12Cl2N2O4. The number of phenols is 2. The number of pyridine rings is 1. The largest absolute Gasteiger partial charge is 0.502 e. The zero-order valence-electron chi connectivity index (χ0n) is 13.9. The minimum atomic E-state index is -0.526. The van der Waals surface area contributed by atoms with Gasteiger partial charge in [-0.1, -0.05) is 23.2 Å². The second kappa shape index (κ2) is 6.33. The van der Waals surface area contributed by atoms with Gasteiger partial charge < -0.3 is 19.9 Å². The molecule has 1 amide bonds. The number of amides is 1. The summed E-state index contributed by atoms with van der Waals surface area (Å²) in [7, 11) is 0. The molecule has 0 aliphatic rings. The molecule has 8 heteroatoms. The van der Waals surface area contributed by atoms with E-state index in [2.05, 4.69) is 10.3 Å². The minimum absolute atomic E-state index is 0.0346. The maximum absolute atomic E-state index is 12.9. The van der Waals surface area contributed by atoms with Crippen LogP contribution in [0.4, 0.5) is 5.69 Å². The molecule has 0 spiro atoms. The number of fused-ring (bicyclic) bond motifs is 2. The van der Waals surface area contributed by atoms with E-state index in [1.54, 1.807) is 37.4 Å². The average molecular weight is 403 g/mol. The van der Waals surface area contributed by atoms with E-state index in [4.69, 9.17) is 27.6 Å². The van der Waals surface area contributed by atoms with Crippen LogP contribution in [0.1, 0.15) is 16.1 Å². The van der Waals surface area contributed by atoms with Gasteiger partial charge in [0, 0.05) is 23.1 Å². The molecular weight excluding hydrogens is 391 g/mol. The van der Waals surface area contributed by atoms with Gasteiger partial charge in [-0.15, -0.1) is 0 Å². The molecule has 4 aromatic rings. The molecule has 3 N–H and O–H groups in total. The van der Waals surface area contributed by atoms with E-state index in [0.29, 0.717) is 26.9 Å². The van der Waals surface area contributed by atoms with E-state index >= 15 is 0 Å².